The van der Waals surface area contributed by atoms with Crippen LogP contribution in [-0.2, 0) is 18.3 Å². The van der Waals surface area contributed by atoms with Crippen LogP contribution in [0.3, 0.4) is 0 Å². The van der Waals surface area contributed by atoms with E-state index >= 15 is 0 Å². The lowest BCUT2D eigenvalue weighted by Gasteiger charge is -2.15. The topological polar surface area (TPSA) is 56.2 Å². The van der Waals surface area contributed by atoms with Gasteiger partial charge in [0, 0.05) is 24.0 Å². The van der Waals surface area contributed by atoms with Gasteiger partial charge in [-0.05, 0) is 57.7 Å². The molecular formula is C19H24ClN3O2. The molecule has 0 radical (unpaired) electrons. The van der Waals surface area contributed by atoms with Crippen LogP contribution >= 0.6 is 11.6 Å². The van der Waals surface area contributed by atoms with Gasteiger partial charge >= 0.3 is 0 Å². The minimum absolute atomic E-state index is 0.0836. The van der Waals surface area contributed by atoms with E-state index in [2.05, 4.69) is 10.4 Å². The Kier molecular flexibility index (Phi) is 5.33. The van der Waals surface area contributed by atoms with E-state index in [0.717, 1.165) is 29.8 Å². The Hall–Kier alpha value is -2.01. The number of halogens is 1. The molecule has 25 heavy (non-hydrogen) atoms. The van der Waals surface area contributed by atoms with E-state index in [1.807, 2.05) is 33.0 Å². The summed E-state index contributed by atoms with van der Waals surface area (Å²) in [5, 5.41) is 7.77. The first-order chi connectivity index (χ1) is 11.9. The number of hydrogen-bond acceptors (Lipinski definition) is 3. The maximum atomic E-state index is 12.3. The van der Waals surface area contributed by atoms with Crippen molar-refractivity contribution in [3.8, 4) is 5.75 Å². The first-order valence-corrected chi connectivity index (χ1v) is 9.07. The predicted octanol–water partition coefficient (Wildman–Crippen LogP) is 4.19. The molecule has 6 heteroatoms. The van der Waals surface area contributed by atoms with E-state index in [0.29, 0.717) is 22.9 Å². The van der Waals surface area contributed by atoms with Crippen molar-refractivity contribution in [2.24, 2.45) is 7.05 Å². The van der Waals surface area contributed by atoms with E-state index in [9.17, 15) is 4.79 Å². The lowest BCUT2D eigenvalue weighted by Crippen LogP contribution is -2.15. The van der Waals surface area contributed by atoms with E-state index < -0.39 is 0 Å². The molecule has 1 aromatic carbocycles. The third kappa shape index (κ3) is 4.15. The molecule has 0 unspecified atom stereocenters. The van der Waals surface area contributed by atoms with Gasteiger partial charge in [0.05, 0.1) is 23.2 Å². The van der Waals surface area contributed by atoms with Gasteiger partial charge in [0.1, 0.15) is 5.75 Å². The number of aromatic nitrogens is 2. The van der Waals surface area contributed by atoms with E-state index in [-0.39, 0.29) is 12.0 Å². The fourth-order valence-electron chi connectivity index (χ4n) is 3.30. The molecule has 5 nitrogen and oxygen atoms in total. The lowest BCUT2D eigenvalue weighted by molar-refractivity contribution is -0.115. The van der Waals surface area contributed by atoms with Crippen LogP contribution in [0.4, 0.5) is 5.69 Å². The predicted molar refractivity (Wildman–Crippen MR) is 99.4 cm³/mol. The summed E-state index contributed by atoms with van der Waals surface area (Å²) in [6.07, 6.45) is 5.14. The monoisotopic (exact) mass is 361 g/mol. The molecule has 1 fully saturated rings. The number of anilines is 1. The largest absolute Gasteiger partial charge is 0.489 e. The van der Waals surface area contributed by atoms with E-state index in [1.54, 1.807) is 10.7 Å². The van der Waals surface area contributed by atoms with Crippen molar-refractivity contribution in [1.29, 1.82) is 0 Å². The van der Waals surface area contributed by atoms with Crippen LogP contribution in [0.2, 0.25) is 5.02 Å². The number of carbonyl (C=O) groups excluding carboxylic acids is 1. The number of hydrogen-bond donors (Lipinski definition) is 1. The van der Waals surface area contributed by atoms with Gasteiger partial charge in [-0.3, -0.25) is 9.48 Å². The molecule has 1 saturated carbocycles. The third-order valence-corrected chi connectivity index (χ3v) is 5.10. The molecule has 0 atom stereocenters. The quantitative estimate of drug-likeness (QED) is 0.868. The summed E-state index contributed by atoms with van der Waals surface area (Å²) in [5.74, 6) is 0.602. The Morgan fingerprint density at radius 2 is 2.08 bits per heavy atom. The number of aryl methyl sites for hydroxylation is 2. The second-order valence-electron chi connectivity index (χ2n) is 6.67. The van der Waals surface area contributed by atoms with Crippen LogP contribution in [-0.4, -0.2) is 21.8 Å². The van der Waals surface area contributed by atoms with Gasteiger partial charge in [-0.2, -0.15) is 5.10 Å². The zero-order valence-corrected chi connectivity index (χ0v) is 15.7. The van der Waals surface area contributed by atoms with Crippen molar-refractivity contribution in [1.82, 2.24) is 9.78 Å². The van der Waals surface area contributed by atoms with Crippen LogP contribution in [0.25, 0.3) is 0 Å². The van der Waals surface area contributed by atoms with Crippen molar-refractivity contribution in [3.63, 3.8) is 0 Å². The molecule has 0 saturated heterocycles. The second-order valence-corrected chi connectivity index (χ2v) is 7.07. The average molecular weight is 362 g/mol. The molecule has 3 rings (SSSR count). The van der Waals surface area contributed by atoms with Crippen LogP contribution in [0, 0.1) is 13.8 Å². The average Bonchev–Trinajstić information content (AvgIpc) is 3.14. The van der Waals surface area contributed by atoms with Gasteiger partial charge < -0.3 is 10.1 Å². The minimum Gasteiger partial charge on any atom is -0.489 e. The van der Waals surface area contributed by atoms with Crippen molar-refractivity contribution in [3.05, 3.63) is 40.2 Å². The normalized spacial score (nSPS) is 14.7. The lowest BCUT2D eigenvalue weighted by atomic mass is 10.1. The summed E-state index contributed by atoms with van der Waals surface area (Å²) in [6, 6.07) is 5.40. The molecule has 1 amide bonds. The number of carbonyl (C=O) groups is 1. The van der Waals surface area contributed by atoms with Crippen LogP contribution in [0.5, 0.6) is 5.75 Å². The highest BCUT2D eigenvalue weighted by Gasteiger charge is 2.18. The highest BCUT2D eigenvalue weighted by molar-refractivity contribution is 6.32. The SMILES string of the molecule is Cc1nn(C)c(C)c1CC(=O)Nc1ccc(OC2CCCC2)c(Cl)c1. The number of nitrogens with zero attached hydrogens (tertiary/aromatic N) is 2. The maximum absolute atomic E-state index is 12.3. The third-order valence-electron chi connectivity index (χ3n) is 4.81. The first kappa shape index (κ1) is 17.8. The zero-order valence-electron chi connectivity index (χ0n) is 14.9. The molecule has 0 bridgehead atoms. The fraction of sp³-hybridized carbons (Fsp3) is 0.474. The maximum Gasteiger partial charge on any atom is 0.228 e. The molecule has 0 spiro atoms. The van der Waals surface area contributed by atoms with Gasteiger partial charge in [0.25, 0.3) is 0 Å². The van der Waals surface area contributed by atoms with Crippen molar-refractivity contribution in [2.45, 2.75) is 52.1 Å². The molecular weight excluding hydrogens is 338 g/mol. The van der Waals surface area contributed by atoms with Gasteiger partial charge in [-0.1, -0.05) is 11.6 Å². The Balaban J connectivity index is 1.64. The number of rotatable bonds is 5. The minimum atomic E-state index is -0.0836. The summed E-state index contributed by atoms with van der Waals surface area (Å²) in [6.45, 7) is 3.89. The summed E-state index contributed by atoms with van der Waals surface area (Å²) >= 11 is 6.32. The molecule has 1 aliphatic carbocycles. The summed E-state index contributed by atoms with van der Waals surface area (Å²) < 4.78 is 7.74. The Labute approximate surface area is 153 Å². The molecule has 1 aromatic heterocycles. The Morgan fingerprint density at radius 1 is 1.36 bits per heavy atom. The smallest absolute Gasteiger partial charge is 0.228 e. The number of amides is 1. The Bertz CT molecular complexity index is 779. The molecule has 1 aliphatic rings. The highest BCUT2D eigenvalue weighted by atomic mass is 35.5. The standard InChI is InChI=1S/C19H24ClN3O2/c1-12-16(13(2)23(3)22-12)11-19(24)21-14-8-9-18(17(20)10-14)25-15-6-4-5-7-15/h8-10,15H,4-7,11H2,1-3H3,(H,21,24). The number of nitrogens with one attached hydrogen (secondary N) is 1. The fourth-order valence-corrected chi connectivity index (χ4v) is 3.52. The van der Waals surface area contributed by atoms with Gasteiger partial charge in [0.2, 0.25) is 5.91 Å². The van der Waals surface area contributed by atoms with Crippen molar-refractivity contribution < 1.29 is 9.53 Å². The first-order valence-electron chi connectivity index (χ1n) is 8.69. The summed E-state index contributed by atoms with van der Waals surface area (Å²) in [5.41, 5.74) is 3.53. The van der Waals surface area contributed by atoms with Gasteiger partial charge in [0.15, 0.2) is 0 Å². The number of benzene rings is 1. The van der Waals surface area contributed by atoms with E-state index in [1.165, 1.54) is 12.8 Å². The summed E-state index contributed by atoms with van der Waals surface area (Å²) in [4.78, 5) is 12.3. The molecule has 1 N–H and O–H groups in total. The number of ether oxygens (including phenoxy) is 1. The molecule has 134 valence electrons. The van der Waals surface area contributed by atoms with Crippen LogP contribution < -0.4 is 10.1 Å². The van der Waals surface area contributed by atoms with Gasteiger partial charge in [-0.15, -0.1) is 0 Å². The molecule has 0 aliphatic heterocycles. The van der Waals surface area contributed by atoms with Crippen LogP contribution in [0.15, 0.2) is 18.2 Å². The summed E-state index contributed by atoms with van der Waals surface area (Å²) in [7, 11) is 1.88. The zero-order chi connectivity index (χ0) is 18.0. The van der Waals surface area contributed by atoms with Crippen LogP contribution in [0.1, 0.15) is 42.6 Å². The van der Waals surface area contributed by atoms with Gasteiger partial charge in [-0.25, -0.2) is 0 Å². The second kappa shape index (κ2) is 7.48. The van der Waals surface area contributed by atoms with Crippen molar-refractivity contribution in [2.75, 3.05) is 5.32 Å². The van der Waals surface area contributed by atoms with E-state index in [4.69, 9.17) is 16.3 Å². The molecule has 1 heterocycles. The Morgan fingerprint density at radius 3 is 2.68 bits per heavy atom. The van der Waals surface area contributed by atoms with Crippen molar-refractivity contribution >= 4 is 23.2 Å². The molecule has 2 aromatic rings. The highest BCUT2D eigenvalue weighted by Crippen LogP contribution is 2.31.